The molecule has 1 aromatic heterocycles. The lowest BCUT2D eigenvalue weighted by atomic mass is 10.0. The van der Waals surface area contributed by atoms with E-state index >= 15 is 0 Å². The second-order valence-corrected chi connectivity index (χ2v) is 4.94. The van der Waals surface area contributed by atoms with Gasteiger partial charge >= 0.3 is 0 Å². The molecule has 0 aliphatic carbocycles. The van der Waals surface area contributed by atoms with Crippen LogP contribution in [0.1, 0.15) is 22.8 Å². The molecule has 0 aliphatic rings. The van der Waals surface area contributed by atoms with Gasteiger partial charge in [-0.2, -0.15) is 0 Å². The first-order chi connectivity index (χ1) is 8.82. The first-order valence-corrected chi connectivity index (χ1v) is 6.02. The van der Waals surface area contributed by atoms with Crippen LogP contribution in [0, 0.1) is 6.92 Å². The molecule has 0 unspecified atom stereocenters. The lowest BCUT2D eigenvalue weighted by Crippen LogP contribution is -2.26. The molecule has 0 spiro atoms. The molecule has 0 amide bonds. The zero-order chi connectivity index (χ0) is 14.3. The van der Waals surface area contributed by atoms with Crippen molar-refractivity contribution in [3.63, 3.8) is 0 Å². The molecule has 0 radical (unpaired) electrons. The maximum atomic E-state index is 12.4. The summed E-state index contributed by atoms with van der Waals surface area (Å²) in [6.07, 6.45) is 0. The van der Waals surface area contributed by atoms with Gasteiger partial charge in [0.05, 0.1) is 10.9 Å². The Balaban J connectivity index is 3.01. The molecule has 1 aromatic carbocycles. The molecular weight excluding hydrogens is 242 g/mol. The number of carbonyl (C=O) groups excluding carboxylic acids is 1. The normalized spacial score (nSPS) is 10.8. The van der Waals surface area contributed by atoms with Crippen molar-refractivity contribution in [1.82, 2.24) is 9.55 Å². The van der Waals surface area contributed by atoms with E-state index in [-0.39, 0.29) is 11.3 Å². The van der Waals surface area contributed by atoms with Crippen molar-refractivity contribution in [2.45, 2.75) is 13.8 Å². The molecule has 0 N–H and O–H groups in total. The molecule has 19 heavy (non-hydrogen) atoms. The number of fused-ring (bicyclic) bond motifs is 1. The van der Waals surface area contributed by atoms with Crippen molar-refractivity contribution in [2.75, 3.05) is 19.0 Å². The summed E-state index contributed by atoms with van der Waals surface area (Å²) in [4.78, 5) is 30.3. The number of anilines is 1. The fourth-order valence-electron chi connectivity index (χ4n) is 2.18. The summed E-state index contributed by atoms with van der Waals surface area (Å²) in [5.41, 5.74) is 1.72. The highest BCUT2D eigenvalue weighted by molar-refractivity contribution is 6.05. The van der Waals surface area contributed by atoms with E-state index < -0.39 is 0 Å². The van der Waals surface area contributed by atoms with Gasteiger partial charge in [-0.05, 0) is 31.5 Å². The second-order valence-electron chi connectivity index (χ2n) is 4.94. The maximum absolute atomic E-state index is 12.4. The third-order valence-corrected chi connectivity index (χ3v) is 3.08. The summed E-state index contributed by atoms with van der Waals surface area (Å²) < 4.78 is 1.49. The van der Waals surface area contributed by atoms with Gasteiger partial charge in [-0.1, -0.05) is 0 Å². The number of rotatable bonds is 2. The topological polar surface area (TPSA) is 55.2 Å². The summed E-state index contributed by atoms with van der Waals surface area (Å²) >= 11 is 0. The first kappa shape index (κ1) is 13.3. The highest BCUT2D eigenvalue weighted by Gasteiger charge is 2.15. The van der Waals surface area contributed by atoms with Gasteiger partial charge in [-0.15, -0.1) is 0 Å². The van der Waals surface area contributed by atoms with Gasteiger partial charge in [-0.25, -0.2) is 4.98 Å². The fraction of sp³-hybridized carbons (Fsp3) is 0.357. The molecule has 2 aromatic rings. The van der Waals surface area contributed by atoms with Crippen molar-refractivity contribution in [3.8, 4) is 0 Å². The number of hydrogen-bond acceptors (Lipinski definition) is 4. The first-order valence-electron chi connectivity index (χ1n) is 6.02. The minimum absolute atomic E-state index is 0.0841. The highest BCUT2D eigenvalue weighted by atomic mass is 16.1. The molecule has 2 rings (SSSR count). The smallest absolute Gasteiger partial charge is 0.262 e. The number of benzene rings is 1. The predicted octanol–water partition coefficient (Wildman–Crippen LogP) is 1.51. The number of ketones is 1. The Kier molecular flexibility index (Phi) is 3.14. The Hall–Kier alpha value is -2.17. The lowest BCUT2D eigenvalue weighted by molar-refractivity contribution is 0.101. The Labute approximate surface area is 111 Å². The fourth-order valence-corrected chi connectivity index (χ4v) is 2.18. The number of aryl methyl sites for hydroxylation is 1. The molecule has 0 saturated carbocycles. The highest BCUT2D eigenvalue weighted by Crippen LogP contribution is 2.19. The summed E-state index contributed by atoms with van der Waals surface area (Å²) in [6, 6.07) is 3.55. The van der Waals surface area contributed by atoms with Gasteiger partial charge in [-0.3, -0.25) is 14.2 Å². The van der Waals surface area contributed by atoms with Gasteiger partial charge in [0.15, 0.2) is 5.78 Å². The monoisotopic (exact) mass is 259 g/mol. The van der Waals surface area contributed by atoms with Crippen LogP contribution in [0.5, 0.6) is 0 Å². The summed E-state index contributed by atoms with van der Waals surface area (Å²) in [5.74, 6) is 0.447. The minimum Gasteiger partial charge on any atom is -0.348 e. The molecule has 100 valence electrons. The maximum Gasteiger partial charge on any atom is 0.262 e. The van der Waals surface area contributed by atoms with Crippen molar-refractivity contribution in [1.29, 1.82) is 0 Å². The van der Waals surface area contributed by atoms with Crippen LogP contribution >= 0.6 is 0 Å². The zero-order valence-electron chi connectivity index (χ0n) is 11.8. The van der Waals surface area contributed by atoms with Crippen LogP contribution in [-0.4, -0.2) is 29.4 Å². The van der Waals surface area contributed by atoms with E-state index in [0.29, 0.717) is 22.4 Å². The van der Waals surface area contributed by atoms with E-state index in [1.165, 1.54) is 11.5 Å². The molecular formula is C14H17N3O2. The third-order valence-electron chi connectivity index (χ3n) is 3.08. The van der Waals surface area contributed by atoms with Gasteiger partial charge in [0.1, 0.15) is 0 Å². The van der Waals surface area contributed by atoms with Gasteiger partial charge < -0.3 is 4.90 Å². The number of hydrogen-bond donors (Lipinski definition) is 0. The van der Waals surface area contributed by atoms with Crippen LogP contribution in [-0.2, 0) is 7.05 Å². The van der Waals surface area contributed by atoms with Crippen LogP contribution in [0.2, 0.25) is 0 Å². The number of aromatic nitrogens is 2. The van der Waals surface area contributed by atoms with Crippen molar-refractivity contribution in [2.24, 2.45) is 7.05 Å². The molecule has 0 saturated heterocycles. The van der Waals surface area contributed by atoms with E-state index in [1.807, 2.05) is 21.0 Å². The molecule has 0 aliphatic heterocycles. The third kappa shape index (κ3) is 2.12. The van der Waals surface area contributed by atoms with E-state index in [0.717, 1.165) is 5.56 Å². The average molecular weight is 259 g/mol. The lowest BCUT2D eigenvalue weighted by Gasteiger charge is -2.17. The number of carbonyl (C=O) groups is 1. The Bertz CT molecular complexity index is 730. The average Bonchev–Trinajstić information content (AvgIpc) is 2.32. The molecule has 5 nitrogen and oxygen atoms in total. The number of Topliss-reactive ketones (excluding diaryl/α,β-unsaturated/α-hetero) is 1. The number of nitrogens with zero attached hydrogens (tertiary/aromatic N) is 3. The molecule has 0 fully saturated rings. The van der Waals surface area contributed by atoms with Crippen molar-refractivity contribution < 1.29 is 4.79 Å². The summed E-state index contributed by atoms with van der Waals surface area (Å²) in [5, 5.41) is 0.485. The van der Waals surface area contributed by atoms with E-state index in [1.54, 1.807) is 24.1 Å². The summed E-state index contributed by atoms with van der Waals surface area (Å²) in [6.45, 7) is 3.36. The van der Waals surface area contributed by atoms with E-state index in [9.17, 15) is 9.59 Å². The van der Waals surface area contributed by atoms with Crippen LogP contribution in [0.4, 0.5) is 5.95 Å². The Morgan fingerprint density at radius 1 is 1.32 bits per heavy atom. The van der Waals surface area contributed by atoms with Gasteiger partial charge in [0.2, 0.25) is 5.95 Å². The van der Waals surface area contributed by atoms with Crippen molar-refractivity contribution in [3.05, 3.63) is 33.6 Å². The quantitative estimate of drug-likeness (QED) is 0.767. The molecule has 5 heteroatoms. The van der Waals surface area contributed by atoms with E-state index in [2.05, 4.69) is 4.98 Å². The van der Waals surface area contributed by atoms with Gasteiger partial charge in [0, 0.05) is 26.7 Å². The summed E-state index contributed by atoms with van der Waals surface area (Å²) in [7, 11) is 5.31. The SMILES string of the molecule is CC(=O)c1cc(C)cc2c(=O)n(C)c(N(C)C)nc12. The largest absolute Gasteiger partial charge is 0.348 e. The van der Waals surface area contributed by atoms with E-state index in [4.69, 9.17) is 0 Å². The zero-order valence-corrected chi connectivity index (χ0v) is 11.8. The Morgan fingerprint density at radius 3 is 2.47 bits per heavy atom. The van der Waals surface area contributed by atoms with Crippen LogP contribution in [0.15, 0.2) is 16.9 Å². The molecule has 0 atom stereocenters. The second kappa shape index (κ2) is 4.50. The minimum atomic E-state index is -0.139. The van der Waals surface area contributed by atoms with Crippen LogP contribution < -0.4 is 10.5 Å². The van der Waals surface area contributed by atoms with Crippen LogP contribution in [0.3, 0.4) is 0 Å². The predicted molar refractivity (Wildman–Crippen MR) is 76.1 cm³/mol. The Morgan fingerprint density at radius 2 is 1.95 bits per heavy atom. The standard InChI is InChI=1S/C14H17N3O2/c1-8-6-10(9(2)18)12-11(7-8)13(19)17(5)14(15-12)16(3)4/h6-7H,1-5H3. The van der Waals surface area contributed by atoms with Crippen molar-refractivity contribution >= 4 is 22.6 Å². The van der Waals surface area contributed by atoms with Crippen LogP contribution in [0.25, 0.3) is 10.9 Å². The molecule has 1 heterocycles. The van der Waals surface area contributed by atoms with Gasteiger partial charge in [0.25, 0.3) is 5.56 Å². The molecule has 0 bridgehead atoms.